The van der Waals surface area contributed by atoms with Gasteiger partial charge in [0.1, 0.15) is 12.1 Å². The number of amides is 5. The lowest BCUT2D eigenvalue weighted by Gasteiger charge is -2.36. The smallest absolute Gasteiger partial charge is 0.315 e. The lowest BCUT2D eigenvalue weighted by atomic mass is 9.81. The largest absolute Gasteiger partial charge is 0.363 e. The molecule has 1 heterocycles. The number of nitrogens with two attached hydrogens (primary N) is 1. The van der Waals surface area contributed by atoms with Gasteiger partial charge < -0.3 is 26.6 Å². The molecule has 0 spiro atoms. The zero-order chi connectivity index (χ0) is 26.6. The van der Waals surface area contributed by atoms with Gasteiger partial charge in [-0.2, -0.15) is 0 Å². The Bertz CT molecular complexity index is 825. The molecule has 0 aromatic rings. The molecular formula is C25H43N5O5. The van der Waals surface area contributed by atoms with Crippen LogP contribution >= 0.6 is 0 Å². The Morgan fingerprint density at radius 2 is 1.57 bits per heavy atom. The maximum Gasteiger partial charge on any atom is 0.315 e. The fourth-order valence-corrected chi connectivity index (χ4v) is 4.52. The molecule has 1 saturated carbocycles. The third-order valence-electron chi connectivity index (χ3n) is 6.68. The molecule has 1 aliphatic carbocycles. The Balaban J connectivity index is 2.13. The summed E-state index contributed by atoms with van der Waals surface area (Å²) in [6, 6.07) is -3.10. The first-order chi connectivity index (χ1) is 16.1. The van der Waals surface area contributed by atoms with Crippen molar-refractivity contribution in [2.75, 3.05) is 6.54 Å². The Morgan fingerprint density at radius 3 is 2.06 bits per heavy atom. The quantitative estimate of drug-likeness (QED) is 0.360. The van der Waals surface area contributed by atoms with Crippen LogP contribution in [-0.2, 0) is 19.2 Å². The van der Waals surface area contributed by atoms with Crippen LogP contribution in [0.4, 0.5) is 4.79 Å². The maximum absolute atomic E-state index is 13.6. The first-order valence-electron chi connectivity index (χ1n) is 12.6. The van der Waals surface area contributed by atoms with Crippen LogP contribution in [0.25, 0.3) is 0 Å². The van der Waals surface area contributed by atoms with Crippen LogP contribution in [0.5, 0.6) is 0 Å². The highest BCUT2D eigenvalue weighted by atomic mass is 16.2. The van der Waals surface area contributed by atoms with Gasteiger partial charge in [-0.05, 0) is 57.8 Å². The second kappa shape index (κ2) is 11.4. The van der Waals surface area contributed by atoms with Crippen LogP contribution in [0.1, 0.15) is 86.5 Å². The van der Waals surface area contributed by atoms with Gasteiger partial charge in [-0.15, -0.1) is 0 Å². The molecule has 0 aromatic carbocycles. The van der Waals surface area contributed by atoms with Gasteiger partial charge in [0, 0.05) is 12.1 Å². The van der Waals surface area contributed by atoms with E-state index < -0.39 is 52.7 Å². The number of carbonyl (C=O) groups is 5. The van der Waals surface area contributed by atoms with Crippen molar-refractivity contribution in [3.8, 4) is 0 Å². The number of carbonyl (C=O) groups excluding carboxylic acids is 5. The summed E-state index contributed by atoms with van der Waals surface area (Å²) in [6.45, 7) is 11.4. The standard InChI is InChI=1S/C25H43N5O5/c1-24(2,3)19(28-23(35)29-25(4,5)6)22(34)30-14-8-11-17(30)21(33)27-16(18(31)20(26)32)13-12-15-9-7-10-15/h15-17,19H,7-14H2,1-6H3,(H2,26,32)(H,27,33)(H2,28,29,35)/t16?,17?,19-/m1/s1. The topological polar surface area (TPSA) is 151 Å². The van der Waals surface area contributed by atoms with Crippen molar-refractivity contribution < 1.29 is 24.0 Å². The van der Waals surface area contributed by atoms with Crippen molar-refractivity contribution in [1.29, 1.82) is 0 Å². The minimum Gasteiger partial charge on any atom is -0.363 e. The van der Waals surface area contributed by atoms with Gasteiger partial charge in [0.25, 0.3) is 5.91 Å². The molecule has 0 bridgehead atoms. The van der Waals surface area contributed by atoms with Gasteiger partial charge in [0.05, 0.1) is 6.04 Å². The molecule has 2 fully saturated rings. The number of likely N-dealkylation sites (tertiary alicyclic amines) is 1. The fourth-order valence-electron chi connectivity index (χ4n) is 4.52. The van der Waals surface area contributed by atoms with Crippen LogP contribution in [0.15, 0.2) is 0 Å². The molecule has 5 N–H and O–H groups in total. The molecule has 0 aromatic heterocycles. The molecule has 1 saturated heterocycles. The molecule has 10 heteroatoms. The highest BCUT2D eigenvalue weighted by molar-refractivity contribution is 6.37. The van der Waals surface area contributed by atoms with Gasteiger partial charge >= 0.3 is 6.03 Å². The van der Waals surface area contributed by atoms with Crippen LogP contribution in [-0.4, -0.2) is 64.6 Å². The van der Waals surface area contributed by atoms with Crippen molar-refractivity contribution in [3.05, 3.63) is 0 Å². The van der Waals surface area contributed by atoms with Crippen LogP contribution in [0.2, 0.25) is 0 Å². The van der Waals surface area contributed by atoms with Crippen molar-refractivity contribution >= 4 is 29.5 Å². The third-order valence-corrected chi connectivity index (χ3v) is 6.68. The summed E-state index contributed by atoms with van der Waals surface area (Å²) in [6.07, 6.45) is 5.45. The van der Waals surface area contributed by atoms with E-state index in [0.717, 1.165) is 25.7 Å². The second-order valence-corrected chi connectivity index (χ2v) is 12.0. The Kier molecular flexibility index (Phi) is 9.30. The molecular weight excluding hydrogens is 450 g/mol. The van der Waals surface area contributed by atoms with Crippen molar-refractivity contribution in [1.82, 2.24) is 20.9 Å². The van der Waals surface area contributed by atoms with Crippen LogP contribution < -0.4 is 21.7 Å². The summed E-state index contributed by atoms with van der Waals surface area (Å²) >= 11 is 0. The molecule has 2 unspecified atom stereocenters. The number of Topliss-reactive ketones (excluding diaryl/α,β-unsaturated/α-hetero) is 1. The molecule has 0 radical (unpaired) electrons. The minimum absolute atomic E-state index is 0.345. The Hall–Kier alpha value is -2.65. The van der Waals surface area contributed by atoms with Gasteiger partial charge in [-0.3, -0.25) is 19.2 Å². The number of hydrogen-bond donors (Lipinski definition) is 4. The highest BCUT2D eigenvalue weighted by Gasteiger charge is 2.43. The van der Waals surface area contributed by atoms with E-state index in [4.69, 9.17) is 5.73 Å². The SMILES string of the molecule is CC(C)(C)NC(=O)N[C@H](C(=O)N1CCCC1C(=O)NC(CCC1CCC1)C(=O)C(N)=O)C(C)(C)C. The van der Waals surface area contributed by atoms with Crippen molar-refractivity contribution in [3.63, 3.8) is 0 Å². The molecule has 3 atom stereocenters. The molecule has 198 valence electrons. The van der Waals surface area contributed by atoms with Crippen LogP contribution in [0.3, 0.4) is 0 Å². The molecule has 35 heavy (non-hydrogen) atoms. The second-order valence-electron chi connectivity index (χ2n) is 12.0. The number of urea groups is 1. The maximum atomic E-state index is 13.6. The molecule has 10 nitrogen and oxygen atoms in total. The number of primary amides is 1. The highest BCUT2D eigenvalue weighted by Crippen LogP contribution is 2.31. The monoisotopic (exact) mass is 493 g/mol. The summed E-state index contributed by atoms with van der Waals surface area (Å²) < 4.78 is 0. The van der Waals surface area contributed by atoms with Crippen molar-refractivity contribution in [2.45, 2.75) is 110 Å². The normalized spacial score (nSPS) is 20.4. The van der Waals surface area contributed by atoms with Gasteiger partial charge in [0.15, 0.2) is 0 Å². The summed E-state index contributed by atoms with van der Waals surface area (Å²) in [7, 11) is 0. The average Bonchev–Trinajstić information content (AvgIpc) is 3.16. The minimum atomic E-state index is -1.08. The summed E-state index contributed by atoms with van der Waals surface area (Å²) in [5.74, 6) is -2.23. The molecule has 1 aliphatic heterocycles. The summed E-state index contributed by atoms with van der Waals surface area (Å²) in [5.41, 5.74) is 4.13. The van der Waals surface area contributed by atoms with E-state index in [1.165, 1.54) is 4.90 Å². The summed E-state index contributed by atoms with van der Waals surface area (Å²) in [4.78, 5) is 64.7. The lowest BCUT2D eigenvalue weighted by Crippen LogP contribution is -2.61. The third kappa shape index (κ3) is 8.21. The fraction of sp³-hybridized carbons (Fsp3) is 0.800. The van der Waals surface area contributed by atoms with E-state index in [2.05, 4.69) is 16.0 Å². The first kappa shape index (κ1) is 28.6. The van der Waals surface area contributed by atoms with E-state index in [9.17, 15) is 24.0 Å². The number of hydrogen-bond acceptors (Lipinski definition) is 5. The van der Waals surface area contributed by atoms with Crippen LogP contribution in [0, 0.1) is 11.3 Å². The molecule has 5 amide bonds. The van der Waals surface area contributed by atoms with Gasteiger partial charge in [-0.25, -0.2) is 4.79 Å². The van der Waals surface area contributed by atoms with Gasteiger partial charge in [-0.1, -0.05) is 40.0 Å². The number of ketones is 1. The first-order valence-corrected chi connectivity index (χ1v) is 12.6. The summed E-state index contributed by atoms with van der Waals surface area (Å²) in [5, 5.41) is 8.28. The number of nitrogens with one attached hydrogen (secondary N) is 3. The lowest BCUT2D eigenvalue weighted by molar-refractivity contribution is -0.143. The Morgan fingerprint density at radius 1 is 0.943 bits per heavy atom. The van der Waals surface area contributed by atoms with E-state index in [0.29, 0.717) is 31.7 Å². The van der Waals surface area contributed by atoms with E-state index in [-0.39, 0.29) is 5.91 Å². The van der Waals surface area contributed by atoms with E-state index in [1.807, 2.05) is 41.5 Å². The zero-order valence-corrected chi connectivity index (χ0v) is 22.0. The molecule has 2 rings (SSSR count). The number of rotatable bonds is 9. The van der Waals surface area contributed by atoms with E-state index >= 15 is 0 Å². The van der Waals surface area contributed by atoms with Crippen molar-refractivity contribution in [2.24, 2.45) is 17.1 Å². The molecule has 2 aliphatic rings. The average molecular weight is 494 g/mol. The Labute approximate surface area is 208 Å². The van der Waals surface area contributed by atoms with E-state index in [1.54, 1.807) is 0 Å². The predicted octanol–water partition coefficient (Wildman–Crippen LogP) is 1.61. The van der Waals surface area contributed by atoms with Gasteiger partial charge in [0.2, 0.25) is 17.6 Å². The zero-order valence-electron chi connectivity index (χ0n) is 22.0. The predicted molar refractivity (Wildman–Crippen MR) is 132 cm³/mol. The number of nitrogens with zero attached hydrogens (tertiary/aromatic N) is 1.